The molecule has 0 aliphatic carbocycles. The fourth-order valence-electron chi connectivity index (χ4n) is 4.29. The second-order valence-corrected chi connectivity index (χ2v) is 10.0. The number of sulfonamides is 1. The number of anilines is 1. The zero-order valence-corrected chi connectivity index (χ0v) is 18.2. The third-order valence-electron chi connectivity index (χ3n) is 5.95. The minimum Gasteiger partial charge on any atom is -0.344 e. The van der Waals surface area contributed by atoms with E-state index < -0.39 is 10.0 Å². The van der Waals surface area contributed by atoms with E-state index in [0.29, 0.717) is 30.0 Å². The number of nitrogens with one attached hydrogen (secondary N) is 1. The van der Waals surface area contributed by atoms with E-state index in [1.165, 1.54) is 4.31 Å². The first-order valence-corrected chi connectivity index (χ1v) is 12.0. The van der Waals surface area contributed by atoms with E-state index in [0.717, 1.165) is 33.2 Å². The molecule has 0 unspecified atom stereocenters. The third-order valence-corrected chi connectivity index (χ3v) is 7.82. The van der Waals surface area contributed by atoms with Crippen molar-refractivity contribution < 1.29 is 8.42 Å². The fraction of sp³-hybridized carbons (Fsp3) is 0.174. The Kier molecular flexibility index (Phi) is 4.09. The molecule has 1 fully saturated rings. The molecule has 1 aliphatic rings. The number of aromatic nitrogens is 5. The molecule has 9 heteroatoms. The molecule has 1 saturated heterocycles. The molecule has 160 valence electrons. The molecule has 2 aromatic carbocycles. The van der Waals surface area contributed by atoms with Crippen LogP contribution in [0.1, 0.15) is 6.42 Å². The van der Waals surface area contributed by atoms with Gasteiger partial charge < -0.3 is 9.55 Å². The van der Waals surface area contributed by atoms with Gasteiger partial charge >= 0.3 is 0 Å². The maximum absolute atomic E-state index is 12.3. The van der Waals surface area contributed by atoms with Crippen LogP contribution in [0, 0.1) is 0 Å². The van der Waals surface area contributed by atoms with E-state index in [-0.39, 0.29) is 5.75 Å². The lowest BCUT2D eigenvalue weighted by Gasteiger charge is -2.17. The van der Waals surface area contributed by atoms with Crippen LogP contribution < -0.4 is 4.31 Å². The molecule has 0 bridgehead atoms. The highest BCUT2D eigenvalue weighted by Crippen LogP contribution is 2.32. The molecule has 3 aromatic heterocycles. The first kappa shape index (κ1) is 19.0. The Bertz CT molecular complexity index is 1600. The second-order valence-electron chi connectivity index (χ2n) is 8.01. The summed E-state index contributed by atoms with van der Waals surface area (Å²) in [6.07, 6.45) is 6.07. The maximum atomic E-state index is 12.3. The zero-order valence-electron chi connectivity index (χ0n) is 17.4. The van der Waals surface area contributed by atoms with Crippen molar-refractivity contribution in [1.82, 2.24) is 24.5 Å². The van der Waals surface area contributed by atoms with Gasteiger partial charge in [-0.1, -0.05) is 18.2 Å². The van der Waals surface area contributed by atoms with Crippen LogP contribution in [0.2, 0.25) is 0 Å². The van der Waals surface area contributed by atoms with Crippen LogP contribution in [0.5, 0.6) is 0 Å². The van der Waals surface area contributed by atoms with Gasteiger partial charge in [-0.05, 0) is 36.2 Å². The van der Waals surface area contributed by atoms with Crippen molar-refractivity contribution >= 4 is 37.9 Å². The van der Waals surface area contributed by atoms with Gasteiger partial charge in [0.05, 0.1) is 40.7 Å². The van der Waals surface area contributed by atoms with Gasteiger partial charge in [0.15, 0.2) is 5.65 Å². The summed E-state index contributed by atoms with van der Waals surface area (Å²) in [6, 6.07) is 13.6. The van der Waals surface area contributed by atoms with Crippen molar-refractivity contribution in [2.75, 3.05) is 16.6 Å². The van der Waals surface area contributed by atoms with Crippen molar-refractivity contribution in [3.63, 3.8) is 0 Å². The summed E-state index contributed by atoms with van der Waals surface area (Å²) >= 11 is 0. The minimum atomic E-state index is -3.24. The standard InChI is InChI=1S/C23H20N6O2S/c1-28-14-26-19-7-6-15(11-21(19)28)18-12-24-23-22(18)27-20(13-25-23)16-4-2-5-17(10-16)29-8-3-9-32(29,30)31/h2,4-7,10-14H,3,8-9H2,1H3,(H,24,25). The Morgan fingerprint density at radius 2 is 1.97 bits per heavy atom. The van der Waals surface area contributed by atoms with E-state index in [2.05, 4.69) is 21.0 Å². The molecule has 0 atom stereocenters. The van der Waals surface area contributed by atoms with Crippen LogP contribution >= 0.6 is 0 Å². The summed E-state index contributed by atoms with van der Waals surface area (Å²) in [5.41, 5.74) is 7.61. The number of H-pyrrole nitrogens is 1. The highest BCUT2D eigenvalue weighted by Gasteiger charge is 2.28. The Morgan fingerprint density at radius 3 is 2.81 bits per heavy atom. The predicted octanol–water partition coefficient (Wildman–Crippen LogP) is 3.72. The van der Waals surface area contributed by atoms with E-state index in [9.17, 15) is 8.42 Å². The van der Waals surface area contributed by atoms with Crippen LogP contribution in [-0.4, -0.2) is 45.2 Å². The van der Waals surface area contributed by atoms with Crippen molar-refractivity contribution in [1.29, 1.82) is 0 Å². The Morgan fingerprint density at radius 1 is 1.06 bits per heavy atom. The molecule has 1 aliphatic heterocycles. The van der Waals surface area contributed by atoms with Gasteiger partial charge in [-0.25, -0.2) is 23.4 Å². The summed E-state index contributed by atoms with van der Waals surface area (Å²) < 4.78 is 28.1. The zero-order chi connectivity index (χ0) is 21.9. The van der Waals surface area contributed by atoms with Crippen LogP contribution in [0.3, 0.4) is 0 Å². The summed E-state index contributed by atoms with van der Waals surface area (Å²) in [5.74, 6) is 0.191. The van der Waals surface area contributed by atoms with Crippen molar-refractivity contribution in [3.8, 4) is 22.4 Å². The monoisotopic (exact) mass is 444 g/mol. The molecule has 8 nitrogen and oxygen atoms in total. The Hall–Kier alpha value is -3.72. The molecule has 0 saturated carbocycles. The SMILES string of the molecule is Cn1cnc2ccc(-c3c[nH]c4ncc(-c5cccc(N6CCCS6(=O)=O)c5)nc34)cc21. The van der Waals surface area contributed by atoms with Crippen molar-refractivity contribution in [3.05, 3.63) is 61.2 Å². The lowest BCUT2D eigenvalue weighted by molar-refractivity contribution is 0.599. The highest BCUT2D eigenvalue weighted by molar-refractivity contribution is 7.93. The smallest absolute Gasteiger partial charge is 0.235 e. The lowest BCUT2D eigenvalue weighted by Crippen LogP contribution is -2.24. The molecule has 32 heavy (non-hydrogen) atoms. The normalized spacial score (nSPS) is 15.7. The van der Waals surface area contributed by atoms with E-state index >= 15 is 0 Å². The number of fused-ring (bicyclic) bond motifs is 2. The summed E-state index contributed by atoms with van der Waals surface area (Å²) in [5, 5.41) is 0. The Labute approximate surface area is 184 Å². The number of nitrogens with zero attached hydrogens (tertiary/aromatic N) is 5. The van der Waals surface area contributed by atoms with Gasteiger partial charge in [0.1, 0.15) is 5.52 Å². The number of benzene rings is 2. The van der Waals surface area contributed by atoms with Crippen molar-refractivity contribution in [2.24, 2.45) is 7.05 Å². The van der Waals surface area contributed by atoms with E-state index in [1.54, 1.807) is 12.5 Å². The molecule has 1 N–H and O–H groups in total. The summed E-state index contributed by atoms with van der Waals surface area (Å²) in [6.45, 7) is 0.509. The molecule has 0 radical (unpaired) electrons. The number of aromatic amines is 1. The molecule has 4 heterocycles. The average Bonchev–Trinajstić information content (AvgIpc) is 3.49. The van der Waals surface area contributed by atoms with E-state index in [4.69, 9.17) is 4.98 Å². The predicted molar refractivity (Wildman–Crippen MR) is 125 cm³/mol. The van der Waals surface area contributed by atoms with Gasteiger partial charge in [0, 0.05) is 30.9 Å². The first-order chi connectivity index (χ1) is 15.5. The van der Waals surface area contributed by atoms with Gasteiger partial charge in [-0.2, -0.15) is 0 Å². The molecular weight excluding hydrogens is 424 g/mol. The fourth-order valence-corrected chi connectivity index (χ4v) is 5.85. The van der Waals surface area contributed by atoms with Crippen molar-refractivity contribution in [2.45, 2.75) is 6.42 Å². The maximum Gasteiger partial charge on any atom is 0.235 e. The molecule has 0 spiro atoms. The van der Waals surface area contributed by atoms with Gasteiger partial charge in [0.2, 0.25) is 10.0 Å². The largest absolute Gasteiger partial charge is 0.344 e. The second kappa shape index (κ2) is 6.89. The molecule has 5 aromatic rings. The lowest BCUT2D eigenvalue weighted by atomic mass is 10.1. The highest BCUT2D eigenvalue weighted by atomic mass is 32.2. The van der Waals surface area contributed by atoms with Gasteiger partial charge in [-0.3, -0.25) is 4.31 Å². The number of aryl methyl sites for hydroxylation is 1. The number of hydrogen-bond acceptors (Lipinski definition) is 5. The van der Waals surface area contributed by atoms with Crippen LogP contribution in [0.25, 0.3) is 44.6 Å². The topological polar surface area (TPSA) is 96.8 Å². The summed E-state index contributed by atoms with van der Waals surface area (Å²) in [4.78, 5) is 17.0. The quantitative estimate of drug-likeness (QED) is 0.457. The molecular formula is C23H20N6O2S. The third kappa shape index (κ3) is 2.96. The first-order valence-electron chi connectivity index (χ1n) is 10.4. The van der Waals surface area contributed by atoms with E-state index in [1.807, 2.05) is 54.2 Å². The minimum absolute atomic E-state index is 0.191. The molecule has 0 amide bonds. The van der Waals surface area contributed by atoms with Crippen LogP contribution in [0.15, 0.2) is 61.2 Å². The number of imidazole rings is 1. The summed E-state index contributed by atoms with van der Waals surface area (Å²) in [7, 11) is -1.27. The van der Waals surface area contributed by atoms with Crippen LogP contribution in [-0.2, 0) is 17.1 Å². The Balaban J connectivity index is 1.45. The van der Waals surface area contributed by atoms with Crippen LogP contribution in [0.4, 0.5) is 5.69 Å². The number of hydrogen-bond donors (Lipinski definition) is 1. The van der Waals surface area contributed by atoms with Gasteiger partial charge in [0.25, 0.3) is 0 Å². The average molecular weight is 445 g/mol. The van der Waals surface area contributed by atoms with Gasteiger partial charge in [-0.15, -0.1) is 0 Å². The molecule has 6 rings (SSSR count). The number of rotatable bonds is 3.